The number of likely N-dealkylation sites (N-methyl/N-ethyl adjacent to an activating group) is 1. The Morgan fingerprint density at radius 3 is 2.47 bits per heavy atom. The van der Waals surface area contributed by atoms with Gasteiger partial charge in [-0.3, -0.25) is 0 Å². The van der Waals surface area contributed by atoms with Crippen molar-refractivity contribution in [1.29, 1.82) is 0 Å². The highest BCUT2D eigenvalue weighted by molar-refractivity contribution is 5.60. The van der Waals surface area contributed by atoms with Crippen molar-refractivity contribution in [3.8, 4) is 0 Å². The van der Waals surface area contributed by atoms with Crippen LogP contribution in [0.1, 0.15) is 45.4 Å². The molecule has 2 fully saturated rings. The number of rotatable bonds is 6. The molecule has 0 aromatic carbocycles. The molecule has 0 radical (unpaired) electrons. The number of likely N-dealkylation sites (tertiary alicyclic amines) is 1. The number of nitrogens with zero attached hydrogens (tertiary/aromatic N) is 2. The molecular formula is C16H30N2O. The first-order valence-corrected chi connectivity index (χ1v) is 8.01. The topological polar surface area (TPSA) is 23.6 Å². The standard InChI is InChI=1S/C16H30N2O/c1-15-5-7-16(14-19,8-6-15)13-17(2)11-12-18-9-3-4-10-18/h14-15H,3-13H2,1-2H3. The summed E-state index contributed by atoms with van der Waals surface area (Å²) >= 11 is 0. The Morgan fingerprint density at radius 1 is 1.26 bits per heavy atom. The zero-order valence-electron chi connectivity index (χ0n) is 12.7. The van der Waals surface area contributed by atoms with Gasteiger partial charge >= 0.3 is 0 Å². The van der Waals surface area contributed by atoms with Gasteiger partial charge in [-0.15, -0.1) is 0 Å². The fourth-order valence-electron chi connectivity index (χ4n) is 3.59. The Morgan fingerprint density at radius 2 is 1.89 bits per heavy atom. The maximum atomic E-state index is 11.5. The van der Waals surface area contributed by atoms with Crippen molar-refractivity contribution >= 4 is 6.29 Å². The first-order valence-electron chi connectivity index (χ1n) is 8.01. The van der Waals surface area contributed by atoms with E-state index in [4.69, 9.17) is 0 Å². The van der Waals surface area contributed by atoms with Gasteiger partial charge in [0.15, 0.2) is 0 Å². The molecule has 0 aromatic heterocycles. The highest BCUT2D eigenvalue weighted by Crippen LogP contribution is 2.37. The zero-order valence-corrected chi connectivity index (χ0v) is 12.7. The highest BCUT2D eigenvalue weighted by Gasteiger charge is 2.34. The van der Waals surface area contributed by atoms with Crippen LogP contribution < -0.4 is 0 Å². The third kappa shape index (κ3) is 4.28. The van der Waals surface area contributed by atoms with E-state index in [1.807, 2.05) is 0 Å². The normalized spacial score (nSPS) is 32.9. The van der Waals surface area contributed by atoms with E-state index in [1.165, 1.54) is 51.6 Å². The third-order valence-corrected chi connectivity index (χ3v) is 5.10. The summed E-state index contributed by atoms with van der Waals surface area (Å²) in [5.74, 6) is 0.808. The van der Waals surface area contributed by atoms with Gasteiger partial charge in [-0.2, -0.15) is 0 Å². The molecule has 3 heteroatoms. The monoisotopic (exact) mass is 266 g/mol. The van der Waals surface area contributed by atoms with E-state index in [-0.39, 0.29) is 5.41 Å². The molecule has 1 saturated carbocycles. The SMILES string of the molecule is CC1CCC(C=O)(CN(C)CCN2CCCC2)CC1. The second-order valence-corrected chi connectivity index (χ2v) is 6.95. The molecule has 0 bridgehead atoms. The Kier molecular flexibility index (Phi) is 5.40. The van der Waals surface area contributed by atoms with Crippen molar-refractivity contribution in [2.24, 2.45) is 11.3 Å². The van der Waals surface area contributed by atoms with Crippen LogP contribution in [-0.2, 0) is 4.79 Å². The van der Waals surface area contributed by atoms with Gasteiger partial charge in [0.05, 0.1) is 0 Å². The van der Waals surface area contributed by atoms with Gasteiger partial charge in [0.2, 0.25) is 0 Å². The van der Waals surface area contributed by atoms with Crippen LogP contribution in [-0.4, -0.2) is 55.9 Å². The summed E-state index contributed by atoms with van der Waals surface area (Å²) in [4.78, 5) is 16.5. The molecular weight excluding hydrogens is 236 g/mol. The van der Waals surface area contributed by atoms with Gasteiger partial charge in [0.1, 0.15) is 6.29 Å². The molecule has 3 nitrogen and oxygen atoms in total. The summed E-state index contributed by atoms with van der Waals surface area (Å²) in [6.07, 6.45) is 8.60. The Labute approximate surface area is 118 Å². The molecule has 0 amide bonds. The van der Waals surface area contributed by atoms with Crippen LogP contribution in [0.4, 0.5) is 0 Å². The predicted octanol–water partition coefficient (Wildman–Crippen LogP) is 2.41. The van der Waals surface area contributed by atoms with Gasteiger partial charge in [0.25, 0.3) is 0 Å². The van der Waals surface area contributed by atoms with Gasteiger partial charge in [-0.1, -0.05) is 6.92 Å². The second kappa shape index (κ2) is 6.85. The zero-order chi connectivity index (χ0) is 13.7. The number of carbonyl (C=O) groups is 1. The number of hydrogen-bond acceptors (Lipinski definition) is 3. The molecule has 19 heavy (non-hydrogen) atoms. The number of aldehydes is 1. The molecule has 0 aromatic rings. The molecule has 0 unspecified atom stereocenters. The van der Waals surface area contributed by atoms with E-state index in [9.17, 15) is 4.79 Å². The highest BCUT2D eigenvalue weighted by atomic mass is 16.1. The van der Waals surface area contributed by atoms with E-state index in [0.29, 0.717) is 0 Å². The van der Waals surface area contributed by atoms with Crippen LogP contribution in [0.15, 0.2) is 0 Å². The minimum Gasteiger partial charge on any atom is -0.304 e. The Balaban J connectivity index is 1.75. The summed E-state index contributed by atoms with van der Waals surface area (Å²) in [5, 5.41) is 0. The minimum absolute atomic E-state index is 0.0493. The van der Waals surface area contributed by atoms with Crippen LogP contribution in [0.5, 0.6) is 0 Å². The average molecular weight is 266 g/mol. The van der Waals surface area contributed by atoms with Crippen LogP contribution in [0.2, 0.25) is 0 Å². The Bertz CT molecular complexity index is 278. The summed E-state index contributed by atoms with van der Waals surface area (Å²) in [6, 6.07) is 0. The maximum Gasteiger partial charge on any atom is 0.127 e. The van der Waals surface area contributed by atoms with E-state index < -0.39 is 0 Å². The molecule has 1 aliphatic carbocycles. The van der Waals surface area contributed by atoms with Crippen molar-refractivity contribution in [3.63, 3.8) is 0 Å². The number of carbonyl (C=O) groups excluding carboxylic acids is 1. The van der Waals surface area contributed by atoms with Crippen molar-refractivity contribution in [1.82, 2.24) is 9.80 Å². The molecule has 110 valence electrons. The summed E-state index contributed by atoms with van der Waals surface area (Å²) in [7, 11) is 2.18. The van der Waals surface area contributed by atoms with Crippen LogP contribution in [0, 0.1) is 11.3 Å². The quantitative estimate of drug-likeness (QED) is 0.690. The summed E-state index contributed by atoms with van der Waals surface area (Å²) in [5.41, 5.74) is -0.0493. The fourth-order valence-corrected chi connectivity index (χ4v) is 3.59. The van der Waals surface area contributed by atoms with Gasteiger partial charge in [0, 0.05) is 25.0 Å². The predicted molar refractivity (Wildman–Crippen MR) is 79.3 cm³/mol. The molecule has 1 saturated heterocycles. The molecule has 0 N–H and O–H groups in total. The second-order valence-electron chi connectivity index (χ2n) is 6.95. The first kappa shape index (κ1) is 15.0. The van der Waals surface area contributed by atoms with E-state index in [1.54, 1.807) is 0 Å². The van der Waals surface area contributed by atoms with Gasteiger partial charge in [-0.25, -0.2) is 0 Å². The fraction of sp³-hybridized carbons (Fsp3) is 0.938. The molecule has 0 atom stereocenters. The van der Waals surface area contributed by atoms with Gasteiger partial charge in [-0.05, 0) is 64.6 Å². The Hall–Kier alpha value is -0.410. The summed E-state index contributed by atoms with van der Waals surface area (Å²) < 4.78 is 0. The lowest BCUT2D eigenvalue weighted by Crippen LogP contribution is -2.42. The molecule has 1 aliphatic heterocycles. The van der Waals surface area contributed by atoms with Crippen molar-refractivity contribution in [2.45, 2.75) is 45.4 Å². The van der Waals surface area contributed by atoms with Crippen molar-refractivity contribution < 1.29 is 4.79 Å². The molecule has 2 aliphatic rings. The van der Waals surface area contributed by atoms with Crippen LogP contribution in [0.25, 0.3) is 0 Å². The van der Waals surface area contributed by atoms with E-state index in [0.717, 1.165) is 31.8 Å². The number of hydrogen-bond donors (Lipinski definition) is 0. The van der Waals surface area contributed by atoms with Crippen LogP contribution in [0.3, 0.4) is 0 Å². The van der Waals surface area contributed by atoms with E-state index in [2.05, 4.69) is 23.8 Å². The lowest BCUT2D eigenvalue weighted by Gasteiger charge is -2.38. The van der Waals surface area contributed by atoms with Crippen molar-refractivity contribution in [3.05, 3.63) is 0 Å². The smallest absolute Gasteiger partial charge is 0.127 e. The van der Waals surface area contributed by atoms with Gasteiger partial charge < -0.3 is 14.6 Å². The molecule has 2 rings (SSSR count). The summed E-state index contributed by atoms with van der Waals surface area (Å²) in [6.45, 7) is 8.07. The lowest BCUT2D eigenvalue weighted by molar-refractivity contribution is -0.119. The first-order chi connectivity index (χ1) is 9.13. The molecule has 0 spiro atoms. The largest absolute Gasteiger partial charge is 0.304 e. The lowest BCUT2D eigenvalue weighted by atomic mass is 9.71. The maximum absolute atomic E-state index is 11.5. The molecule has 1 heterocycles. The van der Waals surface area contributed by atoms with E-state index >= 15 is 0 Å². The van der Waals surface area contributed by atoms with Crippen molar-refractivity contribution in [2.75, 3.05) is 39.8 Å². The third-order valence-electron chi connectivity index (χ3n) is 5.10. The average Bonchev–Trinajstić information content (AvgIpc) is 2.93. The minimum atomic E-state index is -0.0493. The van der Waals surface area contributed by atoms with Crippen LogP contribution >= 0.6 is 0 Å².